The molecule has 2 fully saturated rings. The molecule has 1 N–H and O–H groups in total. The monoisotopic (exact) mass is 257 g/mol. The first-order valence-electron chi connectivity index (χ1n) is 7.20. The standard InChI is InChI=1S/C14H27NOS/c1-10-8-11(2)14(13(9-10)15-3)17(16)12-6-4-5-7-12/h10-15H,4-9H2,1-3H3. The highest BCUT2D eigenvalue weighted by Crippen LogP contribution is 2.36. The largest absolute Gasteiger partial charge is 0.316 e. The smallest absolute Gasteiger partial charge is 0.0529 e. The minimum absolute atomic E-state index is 0.388. The molecule has 2 nitrogen and oxygen atoms in total. The van der Waals surface area contributed by atoms with E-state index < -0.39 is 10.8 Å². The van der Waals surface area contributed by atoms with Gasteiger partial charge in [-0.3, -0.25) is 4.21 Å². The first-order chi connectivity index (χ1) is 8.13. The van der Waals surface area contributed by atoms with Gasteiger partial charge in [-0.1, -0.05) is 26.7 Å². The van der Waals surface area contributed by atoms with E-state index in [0.29, 0.717) is 22.5 Å². The maximum absolute atomic E-state index is 12.8. The normalized spacial score (nSPS) is 41.6. The zero-order valence-electron chi connectivity index (χ0n) is 11.4. The second kappa shape index (κ2) is 5.83. The zero-order valence-corrected chi connectivity index (χ0v) is 12.3. The first kappa shape index (κ1) is 13.5. The maximum atomic E-state index is 12.8. The van der Waals surface area contributed by atoms with Crippen LogP contribution in [-0.4, -0.2) is 27.8 Å². The topological polar surface area (TPSA) is 29.1 Å². The van der Waals surface area contributed by atoms with Gasteiger partial charge in [0.15, 0.2) is 0 Å². The molecule has 5 atom stereocenters. The molecule has 0 aliphatic heterocycles. The molecule has 0 saturated heterocycles. The molecule has 0 heterocycles. The molecule has 0 aromatic carbocycles. The summed E-state index contributed by atoms with van der Waals surface area (Å²) in [7, 11) is 1.42. The molecule has 0 bridgehead atoms. The third kappa shape index (κ3) is 2.93. The fourth-order valence-electron chi connectivity index (χ4n) is 3.85. The van der Waals surface area contributed by atoms with Crippen LogP contribution in [0.15, 0.2) is 0 Å². The molecule has 17 heavy (non-hydrogen) atoms. The quantitative estimate of drug-likeness (QED) is 0.842. The van der Waals surface area contributed by atoms with Crippen molar-refractivity contribution >= 4 is 10.8 Å². The number of hydrogen-bond acceptors (Lipinski definition) is 2. The Balaban J connectivity index is 2.07. The van der Waals surface area contributed by atoms with Crippen molar-refractivity contribution < 1.29 is 4.21 Å². The molecule has 2 saturated carbocycles. The minimum Gasteiger partial charge on any atom is -0.316 e. The van der Waals surface area contributed by atoms with Crippen LogP contribution < -0.4 is 5.32 Å². The Morgan fingerprint density at radius 3 is 2.35 bits per heavy atom. The van der Waals surface area contributed by atoms with E-state index in [9.17, 15) is 4.21 Å². The van der Waals surface area contributed by atoms with Crippen LogP contribution in [0.5, 0.6) is 0 Å². The first-order valence-corrected chi connectivity index (χ1v) is 8.47. The summed E-state index contributed by atoms with van der Waals surface area (Å²) in [6, 6.07) is 0.468. The molecule has 2 aliphatic rings. The van der Waals surface area contributed by atoms with Gasteiger partial charge >= 0.3 is 0 Å². The van der Waals surface area contributed by atoms with Gasteiger partial charge in [0.1, 0.15) is 0 Å². The summed E-state index contributed by atoms with van der Waals surface area (Å²) in [6.45, 7) is 4.63. The lowest BCUT2D eigenvalue weighted by Gasteiger charge is -2.40. The van der Waals surface area contributed by atoms with Gasteiger partial charge in [-0.05, 0) is 44.6 Å². The predicted molar refractivity (Wildman–Crippen MR) is 74.6 cm³/mol. The van der Waals surface area contributed by atoms with E-state index in [-0.39, 0.29) is 0 Å². The van der Waals surface area contributed by atoms with Crippen molar-refractivity contribution in [2.75, 3.05) is 7.05 Å². The van der Waals surface area contributed by atoms with E-state index in [0.717, 1.165) is 5.92 Å². The van der Waals surface area contributed by atoms with Gasteiger partial charge in [0.2, 0.25) is 0 Å². The Labute approximate surface area is 108 Å². The summed E-state index contributed by atoms with van der Waals surface area (Å²) in [5.74, 6) is 1.39. The maximum Gasteiger partial charge on any atom is 0.0529 e. The summed E-state index contributed by atoms with van der Waals surface area (Å²) in [4.78, 5) is 0. The van der Waals surface area contributed by atoms with Crippen LogP contribution >= 0.6 is 0 Å². The molecule has 2 rings (SSSR count). The van der Waals surface area contributed by atoms with E-state index in [1.54, 1.807) is 0 Å². The van der Waals surface area contributed by atoms with Crippen LogP contribution in [0.2, 0.25) is 0 Å². The summed E-state index contributed by atoms with van der Waals surface area (Å²) >= 11 is 0. The molecular weight excluding hydrogens is 230 g/mol. The lowest BCUT2D eigenvalue weighted by Crippen LogP contribution is -2.50. The van der Waals surface area contributed by atoms with Crippen molar-refractivity contribution in [2.24, 2.45) is 11.8 Å². The highest BCUT2D eigenvalue weighted by Gasteiger charge is 2.40. The van der Waals surface area contributed by atoms with Crippen molar-refractivity contribution in [1.82, 2.24) is 5.32 Å². The van der Waals surface area contributed by atoms with Gasteiger partial charge in [-0.25, -0.2) is 0 Å². The second-order valence-electron chi connectivity index (χ2n) is 6.15. The zero-order chi connectivity index (χ0) is 12.4. The SMILES string of the molecule is CNC1CC(C)CC(C)C1S(=O)C1CCCC1. The van der Waals surface area contributed by atoms with Crippen molar-refractivity contribution in [3.8, 4) is 0 Å². The van der Waals surface area contributed by atoms with Crippen LogP contribution in [0.3, 0.4) is 0 Å². The van der Waals surface area contributed by atoms with E-state index in [1.807, 2.05) is 7.05 Å². The number of hydrogen-bond donors (Lipinski definition) is 1. The van der Waals surface area contributed by atoms with Crippen LogP contribution in [-0.2, 0) is 10.8 Å². The average molecular weight is 257 g/mol. The van der Waals surface area contributed by atoms with Gasteiger partial charge < -0.3 is 5.32 Å². The summed E-state index contributed by atoms with van der Waals surface area (Å²) in [5, 5.41) is 4.31. The van der Waals surface area contributed by atoms with Crippen molar-refractivity contribution in [2.45, 2.75) is 68.9 Å². The van der Waals surface area contributed by atoms with Crippen LogP contribution in [0.1, 0.15) is 52.4 Å². The molecule has 0 amide bonds. The van der Waals surface area contributed by atoms with E-state index >= 15 is 0 Å². The van der Waals surface area contributed by atoms with E-state index in [2.05, 4.69) is 19.2 Å². The molecule has 0 spiro atoms. The molecule has 5 unspecified atom stereocenters. The predicted octanol–water partition coefficient (Wildman–Crippen LogP) is 2.70. The minimum atomic E-state index is -0.619. The van der Waals surface area contributed by atoms with Gasteiger partial charge in [0, 0.05) is 22.1 Å². The van der Waals surface area contributed by atoms with E-state index in [1.165, 1.54) is 38.5 Å². The number of nitrogens with one attached hydrogen (secondary N) is 1. The third-order valence-corrected chi connectivity index (χ3v) is 7.12. The highest BCUT2D eigenvalue weighted by atomic mass is 32.2. The van der Waals surface area contributed by atoms with Gasteiger partial charge in [-0.2, -0.15) is 0 Å². The van der Waals surface area contributed by atoms with Crippen molar-refractivity contribution in [3.05, 3.63) is 0 Å². The summed E-state index contributed by atoms with van der Waals surface area (Å²) < 4.78 is 12.8. The van der Waals surface area contributed by atoms with Crippen LogP contribution in [0.4, 0.5) is 0 Å². The molecule has 0 aromatic heterocycles. The fourth-order valence-corrected chi connectivity index (χ4v) is 6.23. The summed E-state index contributed by atoms with van der Waals surface area (Å²) in [6.07, 6.45) is 7.42. The Kier molecular flexibility index (Phi) is 4.65. The molecule has 0 radical (unpaired) electrons. The average Bonchev–Trinajstić information content (AvgIpc) is 2.80. The van der Waals surface area contributed by atoms with E-state index in [4.69, 9.17) is 0 Å². The lowest BCUT2D eigenvalue weighted by molar-refractivity contribution is 0.253. The van der Waals surface area contributed by atoms with Crippen LogP contribution in [0, 0.1) is 11.8 Å². The Hall–Kier alpha value is 0.110. The Bertz CT molecular complexity index is 275. The van der Waals surface area contributed by atoms with Crippen molar-refractivity contribution in [3.63, 3.8) is 0 Å². The molecule has 2 aliphatic carbocycles. The van der Waals surface area contributed by atoms with Crippen molar-refractivity contribution in [1.29, 1.82) is 0 Å². The number of rotatable bonds is 3. The lowest BCUT2D eigenvalue weighted by atomic mass is 9.80. The third-order valence-electron chi connectivity index (χ3n) is 4.66. The second-order valence-corrected chi connectivity index (χ2v) is 8.02. The van der Waals surface area contributed by atoms with Gasteiger partial charge in [0.25, 0.3) is 0 Å². The molecule has 3 heteroatoms. The Morgan fingerprint density at radius 2 is 1.76 bits per heavy atom. The Morgan fingerprint density at radius 1 is 1.12 bits per heavy atom. The molecule has 100 valence electrons. The fraction of sp³-hybridized carbons (Fsp3) is 1.00. The molecule has 0 aromatic rings. The molecular formula is C14H27NOS. The van der Waals surface area contributed by atoms with Crippen LogP contribution in [0.25, 0.3) is 0 Å². The summed E-state index contributed by atoms with van der Waals surface area (Å²) in [5.41, 5.74) is 0. The van der Waals surface area contributed by atoms with Gasteiger partial charge in [-0.15, -0.1) is 0 Å². The van der Waals surface area contributed by atoms with Gasteiger partial charge in [0.05, 0.1) is 5.25 Å². The highest BCUT2D eigenvalue weighted by molar-refractivity contribution is 7.86.